The van der Waals surface area contributed by atoms with Gasteiger partial charge in [0.2, 0.25) is 0 Å². The van der Waals surface area contributed by atoms with E-state index in [1.54, 1.807) is 17.7 Å². The standard InChI is InChI=1S/C13H17N3S/c1-9-4-2-3-5-11(9)16-12-10-6-7-17-13(10)15-8-14-12/h6-9,11H,2-5H2,1H3,(H,14,15,16)/t9-,11-/m0/s1. The van der Waals surface area contributed by atoms with Gasteiger partial charge < -0.3 is 5.32 Å². The third kappa shape index (κ3) is 2.14. The number of anilines is 1. The zero-order valence-electron chi connectivity index (χ0n) is 10.0. The molecule has 2 aromatic heterocycles. The molecule has 1 aliphatic rings. The second-order valence-corrected chi connectivity index (χ2v) is 5.77. The third-order valence-electron chi connectivity index (χ3n) is 3.70. The summed E-state index contributed by atoms with van der Waals surface area (Å²) in [5.41, 5.74) is 0. The van der Waals surface area contributed by atoms with Crippen molar-refractivity contribution in [2.45, 2.75) is 38.6 Å². The molecule has 0 bridgehead atoms. The van der Waals surface area contributed by atoms with Crippen LogP contribution in [0, 0.1) is 5.92 Å². The minimum Gasteiger partial charge on any atom is -0.366 e. The highest BCUT2D eigenvalue weighted by atomic mass is 32.1. The van der Waals surface area contributed by atoms with Gasteiger partial charge in [0.25, 0.3) is 0 Å². The molecule has 3 rings (SSSR count). The van der Waals surface area contributed by atoms with E-state index in [1.807, 2.05) is 0 Å². The van der Waals surface area contributed by atoms with Gasteiger partial charge in [-0.15, -0.1) is 11.3 Å². The van der Waals surface area contributed by atoms with Crippen LogP contribution in [-0.4, -0.2) is 16.0 Å². The fourth-order valence-electron chi connectivity index (χ4n) is 2.61. The molecule has 0 saturated heterocycles. The van der Waals surface area contributed by atoms with Crippen molar-refractivity contribution in [2.75, 3.05) is 5.32 Å². The van der Waals surface area contributed by atoms with E-state index in [0.717, 1.165) is 22.0 Å². The first kappa shape index (κ1) is 11.0. The van der Waals surface area contributed by atoms with E-state index >= 15 is 0 Å². The van der Waals surface area contributed by atoms with Crippen LogP contribution in [0.1, 0.15) is 32.6 Å². The van der Waals surface area contributed by atoms with Crippen molar-refractivity contribution in [3.05, 3.63) is 17.8 Å². The second-order valence-electron chi connectivity index (χ2n) is 4.87. The molecule has 1 N–H and O–H groups in total. The summed E-state index contributed by atoms with van der Waals surface area (Å²) in [5.74, 6) is 1.75. The Morgan fingerprint density at radius 1 is 1.29 bits per heavy atom. The van der Waals surface area contributed by atoms with Gasteiger partial charge in [-0.2, -0.15) is 0 Å². The summed E-state index contributed by atoms with van der Waals surface area (Å²) >= 11 is 1.67. The van der Waals surface area contributed by atoms with Gasteiger partial charge in [-0.1, -0.05) is 19.8 Å². The molecule has 0 unspecified atom stereocenters. The van der Waals surface area contributed by atoms with Crippen LogP contribution in [0.25, 0.3) is 10.2 Å². The summed E-state index contributed by atoms with van der Waals surface area (Å²) in [7, 11) is 0. The van der Waals surface area contributed by atoms with Gasteiger partial charge in [0.1, 0.15) is 17.0 Å². The molecular formula is C13H17N3S. The summed E-state index contributed by atoms with van der Waals surface area (Å²) in [5, 5.41) is 6.86. The molecule has 0 aromatic carbocycles. The van der Waals surface area contributed by atoms with Gasteiger partial charge >= 0.3 is 0 Å². The SMILES string of the molecule is C[C@H]1CCCC[C@@H]1Nc1ncnc2sccc12. The van der Waals surface area contributed by atoms with Gasteiger partial charge in [0.05, 0.1) is 5.39 Å². The molecule has 2 atom stereocenters. The molecule has 0 aliphatic heterocycles. The summed E-state index contributed by atoms with van der Waals surface area (Å²) in [6, 6.07) is 2.68. The fourth-order valence-corrected chi connectivity index (χ4v) is 3.34. The van der Waals surface area contributed by atoms with Gasteiger partial charge in [-0.05, 0) is 30.2 Å². The molecule has 1 aliphatic carbocycles. The maximum Gasteiger partial charge on any atom is 0.138 e. The summed E-state index contributed by atoms with van der Waals surface area (Å²) < 4.78 is 0. The van der Waals surface area contributed by atoms with Crippen molar-refractivity contribution < 1.29 is 0 Å². The van der Waals surface area contributed by atoms with Crippen LogP contribution in [0.2, 0.25) is 0 Å². The topological polar surface area (TPSA) is 37.8 Å². The van der Waals surface area contributed by atoms with E-state index in [0.29, 0.717) is 6.04 Å². The molecule has 1 fully saturated rings. The summed E-state index contributed by atoms with van der Waals surface area (Å²) in [4.78, 5) is 9.75. The minimum atomic E-state index is 0.571. The highest BCUT2D eigenvalue weighted by Gasteiger charge is 2.22. The van der Waals surface area contributed by atoms with Crippen LogP contribution in [0.5, 0.6) is 0 Å². The highest BCUT2D eigenvalue weighted by molar-refractivity contribution is 7.16. The van der Waals surface area contributed by atoms with Crippen molar-refractivity contribution in [1.82, 2.24) is 9.97 Å². The van der Waals surface area contributed by atoms with Gasteiger partial charge in [0.15, 0.2) is 0 Å². The van der Waals surface area contributed by atoms with E-state index < -0.39 is 0 Å². The van der Waals surface area contributed by atoms with Crippen molar-refractivity contribution in [3.8, 4) is 0 Å². The van der Waals surface area contributed by atoms with Crippen LogP contribution < -0.4 is 5.32 Å². The average Bonchev–Trinajstić information content (AvgIpc) is 2.81. The van der Waals surface area contributed by atoms with Gasteiger partial charge in [-0.25, -0.2) is 9.97 Å². The first-order valence-corrected chi connectivity index (χ1v) is 7.17. The molecule has 90 valence electrons. The van der Waals surface area contributed by atoms with E-state index in [4.69, 9.17) is 0 Å². The first-order chi connectivity index (χ1) is 8.34. The van der Waals surface area contributed by atoms with E-state index in [2.05, 4.69) is 33.7 Å². The Labute approximate surface area is 105 Å². The molecule has 2 aromatic rings. The number of thiophene rings is 1. The number of hydrogen-bond acceptors (Lipinski definition) is 4. The maximum absolute atomic E-state index is 4.39. The second kappa shape index (κ2) is 4.61. The number of nitrogens with zero attached hydrogens (tertiary/aromatic N) is 2. The number of rotatable bonds is 2. The highest BCUT2D eigenvalue weighted by Crippen LogP contribution is 2.29. The van der Waals surface area contributed by atoms with Crippen LogP contribution in [-0.2, 0) is 0 Å². The normalized spacial score (nSPS) is 25.0. The van der Waals surface area contributed by atoms with Crippen LogP contribution in [0.15, 0.2) is 17.8 Å². The predicted octanol–water partition coefficient (Wildman–Crippen LogP) is 3.68. The molecular weight excluding hydrogens is 230 g/mol. The van der Waals surface area contributed by atoms with Crippen molar-refractivity contribution in [3.63, 3.8) is 0 Å². The predicted molar refractivity (Wildman–Crippen MR) is 72.5 cm³/mol. The molecule has 2 heterocycles. The van der Waals surface area contributed by atoms with Crippen LogP contribution in [0.4, 0.5) is 5.82 Å². The summed E-state index contributed by atoms with van der Waals surface area (Å²) in [6.07, 6.45) is 6.96. The summed E-state index contributed by atoms with van der Waals surface area (Å²) in [6.45, 7) is 2.34. The zero-order chi connectivity index (χ0) is 11.7. The lowest BCUT2D eigenvalue weighted by atomic mass is 9.86. The number of hydrogen-bond donors (Lipinski definition) is 1. The maximum atomic E-state index is 4.39. The van der Waals surface area contributed by atoms with Crippen molar-refractivity contribution in [1.29, 1.82) is 0 Å². The largest absolute Gasteiger partial charge is 0.366 e. The molecule has 0 radical (unpaired) electrons. The van der Waals surface area contributed by atoms with Crippen LogP contribution >= 0.6 is 11.3 Å². The van der Waals surface area contributed by atoms with Crippen LogP contribution in [0.3, 0.4) is 0 Å². The Balaban J connectivity index is 1.86. The van der Waals surface area contributed by atoms with Gasteiger partial charge in [-0.3, -0.25) is 0 Å². The van der Waals surface area contributed by atoms with Crippen molar-refractivity contribution in [2.24, 2.45) is 5.92 Å². The molecule has 0 spiro atoms. The molecule has 0 amide bonds. The van der Waals surface area contributed by atoms with Crippen molar-refractivity contribution >= 4 is 27.4 Å². The third-order valence-corrected chi connectivity index (χ3v) is 4.52. The molecule has 4 heteroatoms. The Morgan fingerprint density at radius 2 is 2.18 bits per heavy atom. The van der Waals surface area contributed by atoms with E-state index in [9.17, 15) is 0 Å². The number of nitrogens with one attached hydrogen (secondary N) is 1. The number of fused-ring (bicyclic) bond motifs is 1. The Bertz CT molecular complexity index is 508. The quantitative estimate of drug-likeness (QED) is 0.879. The molecule has 17 heavy (non-hydrogen) atoms. The van der Waals surface area contributed by atoms with E-state index in [-0.39, 0.29) is 0 Å². The Kier molecular flexibility index (Phi) is 2.97. The smallest absolute Gasteiger partial charge is 0.138 e. The Morgan fingerprint density at radius 3 is 3.06 bits per heavy atom. The lowest BCUT2D eigenvalue weighted by molar-refractivity contribution is 0.349. The lowest BCUT2D eigenvalue weighted by Crippen LogP contribution is -2.30. The van der Waals surface area contributed by atoms with E-state index in [1.165, 1.54) is 25.7 Å². The molecule has 1 saturated carbocycles. The molecule has 3 nitrogen and oxygen atoms in total. The Hall–Kier alpha value is -1.16. The number of aromatic nitrogens is 2. The minimum absolute atomic E-state index is 0.571. The zero-order valence-corrected chi connectivity index (χ0v) is 10.8. The first-order valence-electron chi connectivity index (χ1n) is 6.29. The average molecular weight is 247 g/mol. The van der Waals surface area contributed by atoms with Gasteiger partial charge in [0, 0.05) is 6.04 Å². The fraction of sp³-hybridized carbons (Fsp3) is 0.538. The lowest BCUT2D eigenvalue weighted by Gasteiger charge is -2.30. The monoisotopic (exact) mass is 247 g/mol.